The highest BCUT2D eigenvalue weighted by molar-refractivity contribution is 6.40. The molecule has 8 heteroatoms. The van der Waals surface area contributed by atoms with E-state index >= 15 is 0 Å². The second-order valence-electron chi connectivity index (χ2n) is 9.35. The molecule has 1 amide bonds. The third-order valence-corrected chi connectivity index (χ3v) is 7.44. The first-order valence-electron chi connectivity index (χ1n) is 11.1. The zero-order valence-electron chi connectivity index (χ0n) is 19.0. The molecule has 6 nitrogen and oxygen atoms in total. The van der Waals surface area contributed by atoms with Crippen LogP contribution in [0.4, 0.5) is 0 Å². The van der Waals surface area contributed by atoms with Crippen LogP contribution in [0.15, 0.2) is 53.3 Å². The Hall–Kier alpha value is -2.80. The zero-order chi connectivity index (χ0) is 24.6. The molecule has 1 fully saturated rings. The fraction of sp³-hybridized carbons (Fsp3) is 0.308. The number of hydrogen-bond acceptors (Lipinski definition) is 5. The molecule has 1 saturated carbocycles. The Morgan fingerprint density at radius 3 is 2.53 bits per heavy atom. The van der Waals surface area contributed by atoms with Gasteiger partial charge in [0, 0.05) is 22.4 Å². The molecular weight excluding hydrogens is 475 g/mol. The van der Waals surface area contributed by atoms with Crippen molar-refractivity contribution in [1.82, 2.24) is 5.32 Å². The van der Waals surface area contributed by atoms with Crippen LogP contribution in [-0.4, -0.2) is 22.6 Å². The second kappa shape index (κ2) is 7.60. The average molecular weight is 499 g/mol. The number of carbonyl (C=O) groups excluding carboxylic acids is 2. The van der Waals surface area contributed by atoms with Crippen molar-refractivity contribution in [2.75, 3.05) is 0 Å². The fourth-order valence-electron chi connectivity index (χ4n) is 5.14. The third-order valence-electron chi connectivity index (χ3n) is 6.84. The molecule has 0 spiro atoms. The van der Waals surface area contributed by atoms with Crippen molar-refractivity contribution in [2.24, 2.45) is 5.73 Å². The van der Waals surface area contributed by atoms with Crippen molar-refractivity contribution < 1.29 is 19.4 Å². The van der Waals surface area contributed by atoms with Gasteiger partial charge in [-0.1, -0.05) is 55.3 Å². The normalized spacial score (nSPS) is 25.0. The summed E-state index contributed by atoms with van der Waals surface area (Å²) in [6.07, 6.45) is 2.76. The number of nitrogens with two attached hydrogens (primary N) is 1. The van der Waals surface area contributed by atoms with Gasteiger partial charge in [-0.2, -0.15) is 0 Å². The molecule has 0 aromatic heterocycles. The Labute approximate surface area is 207 Å². The summed E-state index contributed by atoms with van der Waals surface area (Å²) in [6, 6.07) is 8.59. The van der Waals surface area contributed by atoms with Crippen molar-refractivity contribution in [2.45, 2.75) is 50.9 Å². The predicted octanol–water partition coefficient (Wildman–Crippen LogP) is 4.65. The van der Waals surface area contributed by atoms with Gasteiger partial charge in [-0.15, -0.1) is 0 Å². The molecule has 1 aliphatic heterocycles. The van der Waals surface area contributed by atoms with Gasteiger partial charge in [0.15, 0.2) is 0 Å². The van der Waals surface area contributed by atoms with Crippen LogP contribution in [0, 0.1) is 6.92 Å². The van der Waals surface area contributed by atoms with E-state index in [9.17, 15) is 14.7 Å². The van der Waals surface area contributed by atoms with Gasteiger partial charge in [0.1, 0.15) is 5.75 Å². The van der Waals surface area contributed by atoms with Gasteiger partial charge in [-0.05, 0) is 55.0 Å². The maximum absolute atomic E-state index is 14.0. The first kappa shape index (κ1) is 23.0. The molecule has 3 aliphatic rings. The molecule has 0 bridgehead atoms. The molecule has 0 saturated heterocycles. The largest absolute Gasteiger partial charge is 0.454 e. The van der Waals surface area contributed by atoms with Gasteiger partial charge in [0.05, 0.1) is 15.6 Å². The summed E-state index contributed by atoms with van der Waals surface area (Å²) in [4.78, 5) is 27.6. The van der Waals surface area contributed by atoms with Crippen molar-refractivity contribution in [3.63, 3.8) is 0 Å². The van der Waals surface area contributed by atoms with E-state index in [1.54, 1.807) is 37.3 Å². The molecule has 5 rings (SSSR count). The van der Waals surface area contributed by atoms with Crippen molar-refractivity contribution >= 4 is 34.9 Å². The van der Waals surface area contributed by atoms with E-state index in [0.717, 1.165) is 11.1 Å². The zero-order valence-corrected chi connectivity index (χ0v) is 20.5. The van der Waals surface area contributed by atoms with Gasteiger partial charge in [0.2, 0.25) is 11.3 Å². The molecule has 4 N–H and O–H groups in total. The highest BCUT2D eigenvalue weighted by atomic mass is 35.5. The van der Waals surface area contributed by atoms with Crippen LogP contribution in [0.5, 0.6) is 5.75 Å². The summed E-state index contributed by atoms with van der Waals surface area (Å²) in [5, 5.41) is 15.1. The quantitative estimate of drug-likeness (QED) is 0.571. The standard InChI is InChI=1S/C26H24Cl2N2O4/c1-12(2)14-7-8-15-20(11-14)34-26(33)16-5-4-6-19(29)21(16)23(31)25(15,26)30-24(32)22-17(27)9-13(3)10-18(22)28/h5,7-12,33H,4,6,29H2,1-3H3,(H,30,32). The molecule has 176 valence electrons. The van der Waals surface area contributed by atoms with Crippen molar-refractivity contribution in [1.29, 1.82) is 0 Å². The molecule has 2 atom stereocenters. The van der Waals surface area contributed by atoms with E-state index in [1.165, 1.54) is 0 Å². The van der Waals surface area contributed by atoms with Crippen molar-refractivity contribution in [3.8, 4) is 5.75 Å². The first-order valence-corrected chi connectivity index (χ1v) is 11.8. The van der Waals surface area contributed by atoms with E-state index < -0.39 is 23.0 Å². The molecule has 1 heterocycles. The van der Waals surface area contributed by atoms with Gasteiger partial charge in [0.25, 0.3) is 11.7 Å². The maximum atomic E-state index is 14.0. The summed E-state index contributed by atoms with van der Waals surface area (Å²) in [6.45, 7) is 5.86. The van der Waals surface area contributed by atoms with Crippen LogP contribution in [0.3, 0.4) is 0 Å². The molecular formula is C26H24Cl2N2O4. The number of carbonyl (C=O) groups is 2. The lowest BCUT2D eigenvalue weighted by molar-refractivity contribution is -0.152. The third kappa shape index (κ3) is 2.92. The fourth-order valence-corrected chi connectivity index (χ4v) is 5.91. The average Bonchev–Trinajstić information content (AvgIpc) is 3.10. The number of aryl methyl sites for hydroxylation is 1. The monoisotopic (exact) mass is 498 g/mol. The Balaban J connectivity index is 1.74. The minimum atomic E-state index is -2.16. The van der Waals surface area contributed by atoms with E-state index in [0.29, 0.717) is 29.9 Å². The van der Waals surface area contributed by atoms with E-state index in [2.05, 4.69) is 5.32 Å². The predicted molar refractivity (Wildman–Crippen MR) is 130 cm³/mol. The molecule has 0 radical (unpaired) electrons. The Morgan fingerprint density at radius 1 is 1.21 bits per heavy atom. The second-order valence-corrected chi connectivity index (χ2v) is 10.2. The number of nitrogens with one attached hydrogen (secondary N) is 1. The number of hydrogen-bond donors (Lipinski definition) is 3. The van der Waals surface area contributed by atoms with E-state index in [-0.39, 0.29) is 32.7 Å². The summed E-state index contributed by atoms with van der Waals surface area (Å²) in [7, 11) is 0. The van der Waals surface area contributed by atoms with Gasteiger partial charge in [-0.25, -0.2) is 0 Å². The van der Waals surface area contributed by atoms with E-state index in [4.69, 9.17) is 33.7 Å². The number of Topliss-reactive ketones (excluding diaryl/α,β-unsaturated/α-hetero) is 1. The maximum Gasteiger partial charge on any atom is 0.270 e. The van der Waals surface area contributed by atoms with Crippen molar-refractivity contribution in [3.05, 3.63) is 85.6 Å². The number of ketones is 1. The Morgan fingerprint density at radius 2 is 1.88 bits per heavy atom. The van der Waals surface area contributed by atoms with Gasteiger partial charge < -0.3 is 20.9 Å². The number of aliphatic hydroxyl groups is 1. The van der Waals surface area contributed by atoms with Crippen LogP contribution < -0.4 is 15.8 Å². The van der Waals surface area contributed by atoms with Crippen LogP contribution in [0.2, 0.25) is 10.0 Å². The molecule has 34 heavy (non-hydrogen) atoms. The number of ether oxygens (including phenoxy) is 1. The minimum Gasteiger partial charge on any atom is -0.454 e. The number of benzene rings is 2. The highest BCUT2D eigenvalue weighted by Crippen LogP contribution is 2.59. The molecule has 2 aromatic carbocycles. The summed E-state index contributed by atoms with van der Waals surface area (Å²) in [5.41, 5.74) is 7.20. The number of halogens is 2. The van der Waals surface area contributed by atoms with Gasteiger partial charge >= 0.3 is 0 Å². The first-order chi connectivity index (χ1) is 16.0. The lowest BCUT2D eigenvalue weighted by atomic mass is 9.82. The highest BCUT2D eigenvalue weighted by Gasteiger charge is 2.74. The Kier molecular flexibility index (Phi) is 5.13. The number of amides is 1. The number of allylic oxidation sites excluding steroid dienone is 2. The molecule has 2 aliphatic carbocycles. The topological polar surface area (TPSA) is 102 Å². The molecule has 2 unspecified atom stereocenters. The van der Waals surface area contributed by atoms with Crippen LogP contribution in [0.1, 0.15) is 59.7 Å². The van der Waals surface area contributed by atoms with Crippen LogP contribution in [-0.2, 0) is 10.3 Å². The lowest BCUT2D eigenvalue weighted by Crippen LogP contribution is -2.62. The number of rotatable bonds is 3. The minimum absolute atomic E-state index is 0.0107. The van der Waals surface area contributed by atoms with Gasteiger partial charge in [-0.3, -0.25) is 9.59 Å². The number of fused-ring (bicyclic) bond motifs is 5. The molecule has 2 aromatic rings. The Bertz CT molecular complexity index is 1320. The summed E-state index contributed by atoms with van der Waals surface area (Å²) < 4.78 is 6.11. The van der Waals surface area contributed by atoms with E-state index in [1.807, 2.05) is 19.9 Å². The smallest absolute Gasteiger partial charge is 0.270 e. The summed E-state index contributed by atoms with van der Waals surface area (Å²) >= 11 is 12.7. The summed E-state index contributed by atoms with van der Waals surface area (Å²) in [5.74, 6) is -2.88. The van der Waals surface area contributed by atoms with Crippen LogP contribution >= 0.6 is 23.2 Å². The van der Waals surface area contributed by atoms with Crippen LogP contribution in [0.25, 0.3) is 0 Å². The SMILES string of the molecule is Cc1cc(Cl)c(C(=O)NC23C(=O)C4=C(N)CCC=C4C2(O)Oc2cc(C(C)C)ccc23)c(Cl)c1. The lowest BCUT2D eigenvalue weighted by Gasteiger charge is -2.34.